The van der Waals surface area contributed by atoms with E-state index >= 15 is 0 Å². The molecule has 4 aromatic rings. The third kappa shape index (κ3) is 3.85. The van der Waals surface area contributed by atoms with Gasteiger partial charge in [0.05, 0.1) is 16.3 Å². The monoisotopic (exact) mass is 444 g/mol. The van der Waals surface area contributed by atoms with Crippen molar-refractivity contribution >= 4 is 39.7 Å². The zero-order valence-electron chi connectivity index (χ0n) is 18.0. The van der Waals surface area contributed by atoms with E-state index < -0.39 is 0 Å². The molecule has 0 aliphatic carbocycles. The van der Waals surface area contributed by atoms with Crippen molar-refractivity contribution in [2.45, 2.75) is 16.2 Å². The second-order valence-electron chi connectivity index (χ2n) is 8.27. The van der Waals surface area contributed by atoms with E-state index in [0.29, 0.717) is 0 Å². The lowest BCUT2D eigenvalue weighted by atomic mass is 10.1. The summed E-state index contributed by atoms with van der Waals surface area (Å²) in [4.78, 5) is 21.0. The molecule has 1 aliphatic rings. The van der Waals surface area contributed by atoms with E-state index in [1.807, 2.05) is 18.2 Å². The van der Waals surface area contributed by atoms with Crippen LogP contribution in [0.5, 0.6) is 0 Å². The molecule has 3 aromatic carbocycles. The topological polar surface area (TPSA) is 65.4 Å². The van der Waals surface area contributed by atoms with Gasteiger partial charge in [0.2, 0.25) is 0 Å². The number of nitro groups is 1. The summed E-state index contributed by atoms with van der Waals surface area (Å²) in [7, 11) is 4.15. The Morgan fingerprint density at radius 2 is 1.75 bits per heavy atom. The maximum absolute atomic E-state index is 11.4. The molecule has 1 aliphatic heterocycles. The van der Waals surface area contributed by atoms with Crippen LogP contribution in [0.3, 0.4) is 0 Å². The van der Waals surface area contributed by atoms with Gasteiger partial charge in [0.1, 0.15) is 0 Å². The van der Waals surface area contributed by atoms with Gasteiger partial charge < -0.3 is 14.8 Å². The van der Waals surface area contributed by atoms with Gasteiger partial charge in [-0.15, -0.1) is 0 Å². The number of aromatic amines is 1. The summed E-state index contributed by atoms with van der Waals surface area (Å²) in [6.45, 7) is 1.83. The molecule has 0 spiro atoms. The van der Waals surface area contributed by atoms with Crippen molar-refractivity contribution in [2.75, 3.05) is 32.1 Å². The number of hydrogen-bond acceptors (Lipinski definition) is 5. The third-order valence-electron chi connectivity index (χ3n) is 5.74. The molecule has 0 radical (unpaired) electrons. The van der Waals surface area contributed by atoms with E-state index in [-0.39, 0.29) is 10.6 Å². The molecule has 0 bridgehead atoms. The van der Waals surface area contributed by atoms with Crippen LogP contribution in [0, 0.1) is 10.1 Å². The highest BCUT2D eigenvalue weighted by atomic mass is 32.2. The Bertz CT molecular complexity index is 1280. The average molecular weight is 445 g/mol. The Labute approximate surface area is 191 Å². The van der Waals surface area contributed by atoms with Crippen molar-refractivity contribution in [1.82, 2.24) is 9.88 Å². The molecule has 0 amide bonds. The summed E-state index contributed by atoms with van der Waals surface area (Å²) in [6.07, 6.45) is 0.997. The van der Waals surface area contributed by atoms with Crippen LogP contribution in [0.15, 0.2) is 76.5 Å². The highest BCUT2D eigenvalue weighted by Crippen LogP contribution is 2.50. The number of nitrogens with zero attached hydrogens (tertiary/aromatic N) is 3. The summed E-state index contributed by atoms with van der Waals surface area (Å²) >= 11 is 1.60. The number of non-ortho nitro benzene ring substituents is 1. The summed E-state index contributed by atoms with van der Waals surface area (Å²) in [6, 6.07) is 22.1. The van der Waals surface area contributed by atoms with E-state index in [2.05, 4.69) is 65.3 Å². The van der Waals surface area contributed by atoms with E-state index in [0.717, 1.165) is 57.5 Å². The number of para-hydroxylation sites is 1. The zero-order chi connectivity index (χ0) is 22.2. The lowest BCUT2D eigenvalue weighted by molar-refractivity contribution is -0.385. The van der Waals surface area contributed by atoms with Gasteiger partial charge in [0, 0.05) is 45.1 Å². The number of fused-ring (bicyclic) bond motifs is 3. The van der Waals surface area contributed by atoms with Crippen LogP contribution in [-0.4, -0.2) is 42.0 Å². The van der Waals surface area contributed by atoms with Crippen LogP contribution in [-0.2, 0) is 0 Å². The fourth-order valence-electron chi connectivity index (χ4n) is 4.17. The molecule has 1 N–H and O–H groups in total. The Balaban J connectivity index is 1.55. The fourth-order valence-corrected chi connectivity index (χ4v) is 5.34. The maximum Gasteiger partial charge on any atom is 0.270 e. The molecule has 6 nitrogen and oxygen atoms in total. The molecule has 0 atom stereocenters. The standard InChI is InChI=1S/C25H24N4O2S/c1-27(2)12-5-13-28-22-10-8-18(21-14-17-6-3-4-7-20(17)26-21)15-24(22)32-25-16-19(29(30)31)9-11-23(25)28/h3-4,6-11,14-16,26H,5,12-13H2,1-2H3. The Kier molecular flexibility index (Phi) is 5.36. The SMILES string of the molecule is CN(C)CCCN1c2ccc(-c3cc4ccccc4[nH]3)cc2Sc2cc([N+](=O)[O-])ccc21. The second kappa shape index (κ2) is 8.33. The van der Waals surface area contributed by atoms with E-state index in [1.54, 1.807) is 23.9 Å². The first kappa shape index (κ1) is 20.6. The van der Waals surface area contributed by atoms with Gasteiger partial charge in [0.15, 0.2) is 0 Å². The number of aromatic nitrogens is 1. The predicted molar refractivity (Wildman–Crippen MR) is 131 cm³/mol. The molecule has 162 valence electrons. The number of H-pyrrole nitrogens is 1. The first-order chi connectivity index (χ1) is 15.5. The lowest BCUT2D eigenvalue weighted by Crippen LogP contribution is -2.25. The number of benzene rings is 3. The van der Waals surface area contributed by atoms with Crippen LogP contribution >= 0.6 is 11.8 Å². The van der Waals surface area contributed by atoms with Crippen molar-refractivity contribution in [1.29, 1.82) is 0 Å². The van der Waals surface area contributed by atoms with E-state index in [9.17, 15) is 10.1 Å². The number of nitro benzene ring substituents is 1. The predicted octanol–water partition coefficient (Wildman–Crippen LogP) is 6.30. The molecular weight excluding hydrogens is 420 g/mol. The molecule has 1 aromatic heterocycles. The van der Waals surface area contributed by atoms with Crippen LogP contribution in [0.2, 0.25) is 0 Å². The van der Waals surface area contributed by atoms with Gasteiger partial charge in [-0.1, -0.05) is 36.0 Å². The number of anilines is 2. The summed E-state index contributed by atoms with van der Waals surface area (Å²) < 4.78 is 0. The van der Waals surface area contributed by atoms with E-state index in [4.69, 9.17) is 0 Å². The van der Waals surface area contributed by atoms with Gasteiger partial charge in [-0.05, 0) is 63.0 Å². The molecule has 5 rings (SSSR count). The van der Waals surface area contributed by atoms with Gasteiger partial charge in [-0.25, -0.2) is 0 Å². The minimum absolute atomic E-state index is 0.125. The third-order valence-corrected chi connectivity index (χ3v) is 6.84. The average Bonchev–Trinajstić information content (AvgIpc) is 3.22. The fraction of sp³-hybridized carbons (Fsp3) is 0.200. The van der Waals surface area contributed by atoms with Gasteiger partial charge >= 0.3 is 0 Å². The van der Waals surface area contributed by atoms with Gasteiger partial charge in [-0.3, -0.25) is 10.1 Å². The minimum atomic E-state index is -0.326. The van der Waals surface area contributed by atoms with Crippen LogP contribution in [0.4, 0.5) is 17.1 Å². The molecule has 2 heterocycles. The smallest absolute Gasteiger partial charge is 0.270 e. The van der Waals surface area contributed by atoms with Crippen molar-refractivity contribution in [3.8, 4) is 11.3 Å². The van der Waals surface area contributed by atoms with Crippen molar-refractivity contribution in [2.24, 2.45) is 0 Å². The summed E-state index contributed by atoms with van der Waals surface area (Å²) in [5.74, 6) is 0. The summed E-state index contributed by atoms with van der Waals surface area (Å²) in [5, 5.41) is 12.5. The normalized spacial score (nSPS) is 12.8. The molecule has 7 heteroatoms. The molecule has 0 saturated carbocycles. The zero-order valence-corrected chi connectivity index (χ0v) is 18.9. The van der Waals surface area contributed by atoms with Gasteiger partial charge in [0.25, 0.3) is 5.69 Å². The highest BCUT2D eigenvalue weighted by molar-refractivity contribution is 7.99. The van der Waals surface area contributed by atoms with Crippen molar-refractivity contribution in [3.05, 3.63) is 76.8 Å². The first-order valence-corrected chi connectivity index (χ1v) is 11.4. The lowest BCUT2D eigenvalue weighted by Gasteiger charge is -2.33. The van der Waals surface area contributed by atoms with Crippen molar-refractivity contribution in [3.63, 3.8) is 0 Å². The second-order valence-corrected chi connectivity index (χ2v) is 9.36. The Hall–Kier alpha value is -3.29. The number of hydrogen-bond donors (Lipinski definition) is 1. The molecule has 0 unspecified atom stereocenters. The summed E-state index contributed by atoms with van der Waals surface area (Å²) in [5.41, 5.74) is 5.59. The molecule has 0 fully saturated rings. The number of nitrogens with one attached hydrogen (secondary N) is 1. The maximum atomic E-state index is 11.4. The molecular formula is C25H24N4O2S. The minimum Gasteiger partial charge on any atom is -0.355 e. The van der Waals surface area contributed by atoms with Crippen LogP contribution in [0.25, 0.3) is 22.2 Å². The van der Waals surface area contributed by atoms with Crippen molar-refractivity contribution < 1.29 is 4.92 Å². The molecule has 0 saturated heterocycles. The number of rotatable bonds is 6. The quantitative estimate of drug-likeness (QED) is 0.279. The van der Waals surface area contributed by atoms with E-state index in [1.165, 1.54) is 5.39 Å². The Morgan fingerprint density at radius 1 is 1.00 bits per heavy atom. The largest absolute Gasteiger partial charge is 0.355 e. The highest BCUT2D eigenvalue weighted by Gasteiger charge is 2.25. The van der Waals surface area contributed by atoms with Crippen LogP contribution < -0.4 is 4.90 Å². The Morgan fingerprint density at radius 3 is 2.50 bits per heavy atom. The first-order valence-electron chi connectivity index (χ1n) is 10.6. The molecule has 32 heavy (non-hydrogen) atoms. The van der Waals surface area contributed by atoms with Crippen LogP contribution in [0.1, 0.15) is 6.42 Å². The van der Waals surface area contributed by atoms with Gasteiger partial charge in [-0.2, -0.15) is 0 Å².